The third-order valence-corrected chi connectivity index (χ3v) is 4.20. The van der Waals surface area contributed by atoms with E-state index in [1.807, 2.05) is 6.92 Å². The van der Waals surface area contributed by atoms with E-state index in [4.69, 9.17) is 0 Å². The second kappa shape index (κ2) is 7.40. The molecule has 122 valence electrons. The quantitative estimate of drug-likeness (QED) is 0.652. The number of unbranched alkanes of at least 4 members (excludes halogenated alkanes) is 1. The lowest BCUT2D eigenvalue weighted by molar-refractivity contribution is -0.125. The van der Waals surface area contributed by atoms with E-state index >= 15 is 0 Å². The molecule has 2 atom stereocenters. The number of aromatic amines is 2. The fraction of sp³-hybridized carbons (Fsp3) is 0.667. The Hall–Kier alpha value is -1.89. The average molecular weight is 308 g/mol. The first kappa shape index (κ1) is 16.5. The average Bonchev–Trinajstić information content (AvgIpc) is 2.95. The summed E-state index contributed by atoms with van der Waals surface area (Å²) in [7, 11) is 0. The Morgan fingerprint density at radius 3 is 2.91 bits per heavy atom. The second-order valence-corrected chi connectivity index (χ2v) is 5.84. The number of carbonyl (C=O) groups is 1. The van der Waals surface area contributed by atoms with E-state index < -0.39 is 5.69 Å². The van der Waals surface area contributed by atoms with Crippen molar-refractivity contribution in [1.29, 1.82) is 0 Å². The number of likely N-dealkylation sites (tertiary alicyclic amines) is 1. The van der Waals surface area contributed by atoms with E-state index in [0.29, 0.717) is 18.8 Å². The van der Waals surface area contributed by atoms with Gasteiger partial charge >= 0.3 is 5.69 Å². The first-order valence-electron chi connectivity index (χ1n) is 7.86. The summed E-state index contributed by atoms with van der Waals surface area (Å²) in [6.07, 6.45) is 2.86. The maximum atomic E-state index is 12.1. The molecular weight excluding hydrogens is 284 g/mol. The standard InChI is InChI=1S/C15H24N4O3/c1-3-4-6-16-14(21)10(2)19-7-5-11(9-19)12-8-13(20)18-15(22)17-12/h8,10-11H,3-7,9H2,1-2H3,(H,16,21)(H2,17,18,20,22). The molecule has 22 heavy (non-hydrogen) atoms. The highest BCUT2D eigenvalue weighted by atomic mass is 16.2. The van der Waals surface area contributed by atoms with Gasteiger partial charge in [0, 0.05) is 30.8 Å². The van der Waals surface area contributed by atoms with Crippen LogP contribution in [0.2, 0.25) is 0 Å². The van der Waals surface area contributed by atoms with Gasteiger partial charge in [-0.25, -0.2) is 4.79 Å². The Morgan fingerprint density at radius 1 is 1.45 bits per heavy atom. The Morgan fingerprint density at radius 2 is 2.23 bits per heavy atom. The number of H-pyrrole nitrogens is 2. The monoisotopic (exact) mass is 308 g/mol. The summed E-state index contributed by atoms with van der Waals surface area (Å²) >= 11 is 0. The van der Waals surface area contributed by atoms with Crippen LogP contribution in [0.3, 0.4) is 0 Å². The molecule has 0 saturated carbocycles. The minimum atomic E-state index is -0.480. The van der Waals surface area contributed by atoms with Crippen LogP contribution in [0.15, 0.2) is 15.7 Å². The summed E-state index contributed by atoms with van der Waals surface area (Å²) in [4.78, 5) is 41.8. The van der Waals surface area contributed by atoms with Crippen LogP contribution in [-0.2, 0) is 4.79 Å². The summed E-state index contributed by atoms with van der Waals surface area (Å²) < 4.78 is 0. The van der Waals surface area contributed by atoms with Crippen LogP contribution in [0.5, 0.6) is 0 Å². The maximum Gasteiger partial charge on any atom is 0.325 e. The van der Waals surface area contributed by atoms with Crippen molar-refractivity contribution in [2.75, 3.05) is 19.6 Å². The molecular formula is C15H24N4O3. The van der Waals surface area contributed by atoms with Gasteiger partial charge in [-0.1, -0.05) is 13.3 Å². The van der Waals surface area contributed by atoms with E-state index in [9.17, 15) is 14.4 Å². The molecule has 1 aliphatic rings. The molecule has 1 fully saturated rings. The molecule has 1 amide bonds. The summed E-state index contributed by atoms with van der Waals surface area (Å²) in [6.45, 7) is 6.13. The molecule has 0 aromatic carbocycles. The van der Waals surface area contributed by atoms with Crippen molar-refractivity contribution in [2.45, 2.75) is 45.1 Å². The van der Waals surface area contributed by atoms with Gasteiger partial charge in [0.05, 0.1) is 6.04 Å². The van der Waals surface area contributed by atoms with Gasteiger partial charge in [-0.05, 0) is 26.3 Å². The number of amides is 1. The molecule has 7 heteroatoms. The zero-order chi connectivity index (χ0) is 16.1. The van der Waals surface area contributed by atoms with Crippen LogP contribution in [0.25, 0.3) is 0 Å². The molecule has 0 radical (unpaired) electrons. The summed E-state index contributed by atoms with van der Waals surface area (Å²) in [6, 6.07) is 1.23. The number of nitrogens with one attached hydrogen (secondary N) is 3. The number of aromatic nitrogens is 2. The molecule has 2 unspecified atom stereocenters. The SMILES string of the molecule is CCCCNC(=O)C(C)N1CCC(c2cc(=O)[nH]c(=O)[nH]2)C1. The zero-order valence-corrected chi connectivity index (χ0v) is 13.1. The fourth-order valence-electron chi connectivity index (χ4n) is 2.80. The summed E-state index contributed by atoms with van der Waals surface area (Å²) in [5.74, 6) is 0.120. The van der Waals surface area contributed by atoms with Crippen LogP contribution in [0.1, 0.15) is 44.7 Å². The largest absolute Gasteiger partial charge is 0.355 e. The lowest BCUT2D eigenvalue weighted by Crippen LogP contribution is -2.44. The molecule has 0 spiro atoms. The van der Waals surface area contributed by atoms with Gasteiger partial charge < -0.3 is 10.3 Å². The minimum absolute atomic E-state index is 0.0357. The van der Waals surface area contributed by atoms with Crippen LogP contribution < -0.4 is 16.6 Å². The van der Waals surface area contributed by atoms with Gasteiger partial charge in [0.2, 0.25) is 5.91 Å². The number of carbonyl (C=O) groups excluding carboxylic acids is 1. The van der Waals surface area contributed by atoms with Crippen molar-refractivity contribution in [3.8, 4) is 0 Å². The van der Waals surface area contributed by atoms with Gasteiger partial charge in [0.15, 0.2) is 0 Å². The van der Waals surface area contributed by atoms with E-state index in [-0.39, 0.29) is 23.4 Å². The Balaban J connectivity index is 1.95. The highest BCUT2D eigenvalue weighted by molar-refractivity contribution is 5.81. The molecule has 1 aliphatic heterocycles. The van der Waals surface area contributed by atoms with E-state index in [2.05, 4.69) is 27.1 Å². The van der Waals surface area contributed by atoms with Crippen molar-refractivity contribution >= 4 is 5.91 Å². The Bertz CT molecular complexity index is 593. The topological polar surface area (TPSA) is 98.1 Å². The van der Waals surface area contributed by atoms with Gasteiger partial charge in [-0.15, -0.1) is 0 Å². The molecule has 1 saturated heterocycles. The summed E-state index contributed by atoms with van der Waals surface area (Å²) in [5.41, 5.74) is -0.219. The molecule has 0 aliphatic carbocycles. The van der Waals surface area contributed by atoms with Crippen LogP contribution in [-0.4, -0.2) is 46.5 Å². The molecule has 2 rings (SSSR count). The fourth-order valence-corrected chi connectivity index (χ4v) is 2.80. The third-order valence-electron chi connectivity index (χ3n) is 4.20. The van der Waals surface area contributed by atoms with Crippen molar-refractivity contribution < 1.29 is 4.79 Å². The number of hydrogen-bond donors (Lipinski definition) is 3. The number of rotatable bonds is 6. The van der Waals surface area contributed by atoms with E-state index in [1.165, 1.54) is 6.07 Å². The van der Waals surface area contributed by atoms with Crippen LogP contribution in [0, 0.1) is 0 Å². The predicted octanol–water partition coefficient (Wildman–Crippen LogP) is 0.157. The highest BCUT2D eigenvalue weighted by Gasteiger charge is 2.30. The first-order valence-corrected chi connectivity index (χ1v) is 7.86. The van der Waals surface area contributed by atoms with E-state index in [1.54, 1.807) is 0 Å². The predicted molar refractivity (Wildman–Crippen MR) is 84.0 cm³/mol. The lowest BCUT2D eigenvalue weighted by Gasteiger charge is -2.23. The lowest BCUT2D eigenvalue weighted by atomic mass is 10.1. The molecule has 2 heterocycles. The smallest absolute Gasteiger partial charge is 0.325 e. The normalized spacial score (nSPS) is 20.0. The van der Waals surface area contributed by atoms with Crippen LogP contribution in [0.4, 0.5) is 0 Å². The first-order chi connectivity index (χ1) is 10.5. The van der Waals surface area contributed by atoms with Gasteiger partial charge in [-0.3, -0.25) is 19.5 Å². The number of hydrogen-bond acceptors (Lipinski definition) is 4. The van der Waals surface area contributed by atoms with Gasteiger partial charge in [-0.2, -0.15) is 0 Å². The van der Waals surface area contributed by atoms with Crippen molar-refractivity contribution in [3.05, 3.63) is 32.6 Å². The molecule has 1 aromatic rings. The minimum Gasteiger partial charge on any atom is -0.355 e. The van der Waals surface area contributed by atoms with Crippen molar-refractivity contribution in [2.24, 2.45) is 0 Å². The maximum absolute atomic E-state index is 12.1. The Kier molecular flexibility index (Phi) is 5.54. The van der Waals surface area contributed by atoms with E-state index in [0.717, 1.165) is 25.8 Å². The van der Waals surface area contributed by atoms with Gasteiger partial charge in [0.25, 0.3) is 5.56 Å². The molecule has 3 N–H and O–H groups in total. The summed E-state index contributed by atoms with van der Waals surface area (Å²) in [5, 5.41) is 2.94. The number of nitrogens with zero attached hydrogens (tertiary/aromatic N) is 1. The van der Waals surface area contributed by atoms with Gasteiger partial charge in [0.1, 0.15) is 0 Å². The highest BCUT2D eigenvalue weighted by Crippen LogP contribution is 2.25. The molecule has 1 aromatic heterocycles. The second-order valence-electron chi connectivity index (χ2n) is 5.84. The van der Waals surface area contributed by atoms with Crippen molar-refractivity contribution in [3.63, 3.8) is 0 Å². The third kappa shape index (κ3) is 4.07. The molecule has 0 bridgehead atoms. The van der Waals surface area contributed by atoms with Crippen LogP contribution >= 0.6 is 0 Å². The van der Waals surface area contributed by atoms with Crippen molar-refractivity contribution in [1.82, 2.24) is 20.2 Å². The molecule has 7 nitrogen and oxygen atoms in total. The zero-order valence-electron chi connectivity index (χ0n) is 13.1. The Labute approximate surface area is 129 Å².